The molecule has 86 valence electrons. The molecule has 0 N–H and O–H groups in total. The third-order valence-electron chi connectivity index (χ3n) is 3.07. The van der Waals surface area contributed by atoms with Gasteiger partial charge in [-0.1, -0.05) is 38.5 Å². The Kier molecular flexibility index (Phi) is 6.31. The monoisotopic (exact) mass is 206 g/mol. The van der Waals surface area contributed by atoms with E-state index >= 15 is 0 Å². The van der Waals surface area contributed by atoms with E-state index in [1.807, 2.05) is 0 Å². The van der Waals surface area contributed by atoms with Crippen molar-refractivity contribution in [1.29, 1.82) is 0 Å². The van der Waals surface area contributed by atoms with Gasteiger partial charge in [-0.15, -0.1) is 0 Å². The van der Waals surface area contributed by atoms with Crippen LogP contribution in [0.2, 0.25) is 0 Å². The van der Waals surface area contributed by atoms with E-state index in [0.717, 1.165) is 19.3 Å². The highest BCUT2D eigenvalue weighted by Crippen LogP contribution is 2.27. The number of hydrogen-bond donors (Lipinski definition) is 0. The first kappa shape index (κ1) is 14.2. The molecule has 0 atom stereocenters. The van der Waals surface area contributed by atoms with Crippen molar-refractivity contribution < 1.29 is 0 Å². The molecular formula is C15H26. The summed E-state index contributed by atoms with van der Waals surface area (Å²) in [5.41, 5.74) is 7.14. The van der Waals surface area contributed by atoms with E-state index in [1.165, 1.54) is 27.9 Å². The van der Waals surface area contributed by atoms with Gasteiger partial charge in [0.25, 0.3) is 0 Å². The number of rotatable bonds is 5. The lowest BCUT2D eigenvalue weighted by Gasteiger charge is -2.16. The highest BCUT2D eigenvalue weighted by atomic mass is 14.1. The Morgan fingerprint density at radius 1 is 0.800 bits per heavy atom. The second-order valence-electron chi connectivity index (χ2n) is 4.25. The van der Waals surface area contributed by atoms with Crippen molar-refractivity contribution in [2.24, 2.45) is 0 Å². The van der Waals surface area contributed by atoms with E-state index in [-0.39, 0.29) is 0 Å². The molecule has 0 radical (unpaired) electrons. The van der Waals surface area contributed by atoms with E-state index < -0.39 is 0 Å². The summed E-state index contributed by atoms with van der Waals surface area (Å²) in [6.07, 6.45) is 3.27. The number of allylic oxidation sites excluding steroid dienone is 5. The quantitative estimate of drug-likeness (QED) is 0.526. The summed E-state index contributed by atoms with van der Waals surface area (Å²) in [5, 5.41) is 0. The molecule has 0 nitrogen and oxygen atoms in total. The lowest BCUT2D eigenvalue weighted by Crippen LogP contribution is -1.96. The second kappa shape index (κ2) is 6.66. The van der Waals surface area contributed by atoms with E-state index in [0.29, 0.717) is 0 Å². The van der Waals surface area contributed by atoms with Crippen LogP contribution < -0.4 is 0 Å². The first-order valence-corrected chi connectivity index (χ1v) is 6.04. The minimum Gasteiger partial charge on any atom is -0.0956 e. The van der Waals surface area contributed by atoms with Crippen LogP contribution in [0.3, 0.4) is 0 Å². The average Bonchev–Trinajstić information content (AvgIpc) is 2.19. The average molecular weight is 206 g/mol. The fraction of sp³-hybridized carbons (Fsp3) is 0.600. The third kappa shape index (κ3) is 3.70. The number of hydrogen-bond acceptors (Lipinski definition) is 0. The van der Waals surface area contributed by atoms with Crippen molar-refractivity contribution in [3.8, 4) is 0 Å². The molecule has 0 aromatic heterocycles. The molecule has 0 aromatic rings. The van der Waals surface area contributed by atoms with Crippen molar-refractivity contribution in [3.05, 3.63) is 34.4 Å². The van der Waals surface area contributed by atoms with Crippen molar-refractivity contribution in [2.75, 3.05) is 0 Å². The zero-order chi connectivity index (χ0) is 12.0. The van der Waals surface area contributed by atoms with Gasteiger partial charge in [-0.2, -0.15) is 0 Å². The van der Waals surface area contributed by atoms with Crippen LogP contribution in [-0.2, 0) is 0 Å². The molecule has 0 rings (SSSR count). The van der Waals surface area contributed by atoms with Crippen LogP contribution in [-0.4, -0.2) is 0 Å². The molecule has 0 unspecified atom stereocenters. The van der Waals surface area contributed by atoms with Gasteiger partial charge in [0.05, 0.1) is 0 Å². The van der Waals surface area contributed by atoms with Gasteiger partial charge in [-0.25, -0.2) is 0 Å². The summed E-state index contributed by atoms with van der Waals surface area (Å²) >= 11 is 0. The molecule has 0 fully saturated rings. The Bertz CT molecular complexity index is 283. The Balaban J connectivity index is 5.37. The van der Waals surface area contributed by atoms with E-state index in [1.54, 1.807) is 0 Å². The molecular weight excluding hydrogens is 180 g/mol. The van der Waals surface area contributed by atoms with Gasteiger partial charge >= 0.3 is 0 Å². The van der Waals surface area contributed by atoms with Crippen LogP contribution >= 0.6 is 0 Å². The van der Waals surface area contributed by atoms with Crippen LogP contribution in [0.4, 0.5) is 0 Å². The summed E-state index contributed by atoms with van der Waals surface area (Å²) in [7, 11) is 0. The van der Waals surface area contributed by atoms with Crippen molar-refractivity contribution in [2.45, 2.75) is 60.8 Å². The topological polar surface area (TPSA) is 0 Å². The van der Waals surface area contributed by atoms with Gasteiger partial charge in [-0.3, -0.25) is 0 Å². The standard InChI is InChI=1S/C15H26/c1-8-12(6)15(10-3)13(7)14(9-2)11(4)5/h6,8-10H2,1-5,7H3/b15-13-. The highest BCUT2D eigenvalue weighted by molar-refractivity contribution is 5.43. The van der Waals surface area contributed by atoms with Crippen molar-refractivity contribution >= 4 is 0 Å². The first-order chi connectivity index (χ1) is 6.99. The molecule has 0 spiro atoms. The van der Waals surface area contributed by atoms with Crippen LogP contribution in [0.15, 0.2) is 34.4 Å². The highest BCUT2D eigenvalue weighted by Gasteiger charge is 2.07. The van der Waals surface area contributed by atoms with Gasteiger partial charge in [0.15, 0.2) is 0 Å². The van der Waals surface area contributed by atoms with Gasteiger partial charge in [0, 0.05) is 0 Å². The Morgan fingerprint density at radius 3 is 1.53 bits per heavy atom. The van der Waals surface area contributed by atoms with E-state index in [4.69, 9.17) is 0 Å². The summed E-state index contributed by atoms with van der Waals surface area (Å²) < 4.78 is 0. The summed E-state index contributed by atoms with van der Waals surface area (Å²) in [4.78, 5) is 0. The summed E-state index contributed by atoms with van der Waals surface area (Å²) in [6, 6.07) is 0. The molecule has 0 aliphatic rings. The molecule has 15 heavy (non-hydrogen) atoms. The molecule has 0 aliphatic carbocycles. The zero-order valence-corrected chi connectivity index (χ0v) is 11.3. The summed E-state index contributed by atoms with van der Waals surface area (Å²) in [5.74, 6) is 0. The van der Waals surface area contributed by atoms with Gasteiger partial charge in [0.1, 0.15) is 0 Å². The fourth-order valence-electron chi connectivity index (χ4n) is 2.17. The second-order valence-corrected chi connectivity index (χ2v) is 4.25. The fourth-order valence-corrected chi connectivity index (χ4v) is 2.17. The lowest BCUT2D eigenvalue weighted by atomic mass is 9.90. The Labute approximate surface area is 95.8 Å². The maximum absolute atomic E-state index is 4.16. The van der Waals surface area contributed by atoms with E-state index in [9.17, 15) is 0 Å². The van der Waals surface area contributed by atoms with E-state index in [2.05, 4.69) is 48.1 Å². The van der Waals surface area contributed by atoms with Crippen molar-refractivity contribution in [1.82, 2.24) is 0 Å². The molecule has 0 heteroatoms. The van der Waals surface area contributed by atoms with Crippen LogP contribution in [0.5, 0.6) is 0 Å². The molecule has 0 saturated carbocycles. The Morgan fingerprint density at radius 2 is 1.27 bits per heavy atom. The predicted molar refractivity (Wildman–Crippen MR) is 71.1 cm³/mol. The largest absolute Gasteiger partial charge is 0.0956 e. The minimum atomic E-state index is 1.06. The maximum atomic E-state index is 4.16. The third-order valence-corrected chi connectivity index (χ3v) is 3.07. The molecule has 0 amide bonds. The van der Waals surface area contributed by atoms with Crippen LogP contribution in [0.1, 0.15) is 60.8 Å². The minimum absolute atomic E-state index is 1.06. The first-order valence-electron chi connectivity index (χ1n) is 6.04. The predicted octanol–water partition coefficient (Wildman–Crippen LogP) is 5.43. The molecule has 0 saturated heterocycles. The molecule has 0 heterocycles. The zero-order valence-electron chi connectivity index (χ0n) is 11.3. The van der Waals surface area contributed by atoms with Crippen LogP contribution in [0, 0.1) is 0 Å². The smallest absolute Gasteiger partial charge is 0.0302 e. The summed E-state index contributed by atoms with van der Waals surface area (Å²) in [6.45, 7) is 17.4. The van der Waals surface area contributed by atoms with Gasteiger partial charge < -0.3 is 0 Å². The molecule has 0 bridgehead atoms. The van der Waals surface area contributed by atoms with Gasteiger partial charge in [-0.05, 0) is 56.8 Å². The maximum Gasteiger partial charge on any atom is -0.0302 e. The lowest BCUT2D eigenvalue weighted by molar-refractivity contribution is 0.974. The normalized spacial score (nSPS) is 12.1. The SMILES string of the molecule is C=C(CC)/C(CC)=C(/C)C(CC)=C(C)C. The molecule has 0 aliphatic heterocycles. The van der Waals surface area contributed by atoms with Crippen LogP contribution in [0.25, 0.3) is 0 Å². The Hall–Kier alpha value is -0.780. The van der Waals surface area contributed by atoms with Gasteiger partial charge in [0.2, 0.25) is 0 Å². The molecule has 0 aromatic carbocycles. The van der Waals surface area contributed by atoms with Crippen molar-refractivity contribution in [3.63, 3.8) is 0 Å².